The van der Waals surface area contributed by atoms with E-state index in [0.29, 0.717) is 42.1 Å². The molecule has 116 heavy (non-hydrogen) atoms. The molecule has 16 nitrogen and oxygen atoms in total. The minimum atomic E-state index is -0.0747. The first-order chi connectivity index (χ1) is 56.7. The zero-order valence-electron chi connectivity index (χ0n) is 70.6. The molecule has 5 fully saturated rings. The van der Waals surface area contributed by atoms with Crippen molar-refractivity contribution in [3.63, 3.8) is 0 Å². The van der Waals surface area contributed by atoms with Gasteiger partial charge in [-0.25, -0.2) is 39.9 Å². The molecule has 1 unspecified atom stereocenters. The van der Waals surface area contributed by atoms with E-state index in [9.17, 15) is 19.2 Å². The molecule has 0 saturated heterocycles. The average molecular weight is 1560 g/mol. The third-order valence-electron chi connectivity index (χ3n) is 26.7. The largest absolute Gasteiger partial charge is 0.309 e. The molecule has 4 amide bonds. The number of hydrogen-bond donors (Lipinski definition) is 4. The Morgan fingerprint density at radius 3 is 0.905 bits per heavy atom. The second-order valence-corrected chi connectivity index (χ2v) is 35.9. The van der Waals surface area contributed by atoms with Crippen LogP contribution in [0.25, 0.3) is 45.0 Å². The molecule has 16 heteroatoms. The van der Waals surface area contributed by atoms with Crippen molar-refractivity contribution in [3.05, 3.63) is 165 Å². The van der Waals surface area contributed by atoms with Crippen molar-refractivity contribution < 1.29 is 19.2 Å². The predicted octanol–water partition coefficient (Wildman–Crippen LogP) is 22.9. The molecule has 0 spiro atoms. The number of rotatable bonds is 22. The standard InChI is InChI=1S/C28H37N3O.2C25H33N3O.C22H27N3O/c32-26(19-21-11-5-2-6-12-21)31-28-25(17-15-20-9-3-1-4-10-20)29-27-23-14-8-7-13-22(23)16-18-24(27)30-28;1-17(2)16-23(29)28-25-22(14-12-18-8-4-3-5-9-18)26-24-20-11-7-6-10-19(20)13-15-21(24)27-25;1-3-17(2)25(29)28-24-22(15-13-18-9-5-4-6-10-18)26-23-20-12-8-7-11-19(20)14-16-21(23)27-24;1-15(26)23-22-20(13-11-16-7-3-2-4-8-16)24-21-18-10-6-5-9-17(18)12-14-19(21)25-22/h7-8,13-14,20-21H,1-6,9-12,15-19H2,(H,30,31,32);6-7,10-11,17-18H,3-5,8-9,12-16H2,1-2H3,(H,27,28,29);7-8,11-12,17-18H,3-6,9-10,13-16H2,1-2H3,(H,27,28,29);5-6,9-10,16H,2-4,7-8,11-14H2,1H3,(H,23,25,26). The quantitative estimate of drug-likeness (QED) is 0.0498. The molecule has 614 valence electrons. The Labute approximate surface area is 691 Å². The summed E-state index contributed by atoms with van der Waals surface area (Å²) >= 11 is 0. The first-order valence-corrected chi connectivity index (χ1v) is 45.8. The van der Waals surface area contributed by atoms with Gasteiger partial charge >= 0.3 is 0 Å². The van der Waals surface area contributed by atoms with E-state index >= 15 is 0 Å². The zero-order chi connectivity index (χ0) is 80.1. The molecule has 17 rings (SSSR count). The number of benzene rings is 4. The van der Waals surface area contributed by atoms with Crippen molar-refractivity contribution in [1.29, 1.82) is 0 Å². The van der Waals surface area contributed by atoms with Gasteiger partial charge < -0.3 is 21.3 Å². The fourth-order valence-corrected chi connectivity index (χ4v) is 19.8. The Kier molecular flexibility index (Phi) is 29.9. The smallest absolute Gasteiger partial charge is 0.228 e. The average Bonchev–Trinajstić information content (AvgIpc) is 0.794. The number of nitrogens with one attached hydrogen (secondary N) is 4. The molecule has 0 aliphatic heterocycles. The molecule has 4 aromatic heterocycles. The van der Waals surface area contributed by atoms with Crippen LogP contribution in [-0.2, 0) is 96.2 Å². The summed E-state index contributed by atoms with van der Waals surface area (Å²) in [5.41, 5.74) is 22.3. The number of carbonyl (C=O) groups is 4. The molecule has 4 aromatic carbocycles. The number of nitrogens with zero attached hydrogens (tertiary/aromatic N) is 8. The van der Waals surface area contributed by atoms with Gasteiger partial charge in [-0.1, -0.05) is 272 Å². The van der Waals surface area contributed by atoms with Crippen LogP contribution in [0, 0.1) is 41.4 Å². The van der Waals surface area contributed by atoms with Crippen molar-refractivity contribution in [1.82, 2.24) is 39.9 Å². The summed E-state index contributed by atoms with van der Waals surface area (Å²) in [7, 11) is 0. The Morgan fingerprint density at radius 2 is 0.612 bits per heavy atom. The normalized spacial score (nSPS) is 17.5. The van der Waals surface area contributed by atoms with E-state index in [1.807, 2.05) is 13.8 Å². The lowest BCUT2D eigenvalue weighted by Crippen LogP contribution is -2.23. The number of anilines is 4. The molecular weight excluding hydrogens is 1430 g/mol. The first-order valence-electron chi connectivity index (χ1n) is 45.8. The van der Waals surface area contributed by atoms with Gasteiger partial charge in [0.1, 0.15) is 0 Å². The van der Waals surface area contributed by atoms with Crippen LogP contribution in [0.3, 0.4) is 0 Å². The summed E-state index contributed by atoms with van der Waals surface area (Å²) in [5.74, 6) is 6.96. The van der Waals surface area contributed by atoms with Crippen molar-refractivity contribution in [3.8, 4) is 45.0 Å². The van der Waals surface area contributed by atoms with E-state index in [1.54, 1.807) is 6.92 Å². The van der Waals surface area contributed by atoms with Crippen molar-refractivity contribution in [2.75, 3.05) is 21.3 Å². The van der Waals surface area contributed by atoms with Gasteiger partial charge in [0.2, 0.25) is 23.6 Å². The van der Waals surface area contributed by atoms with Crippen LogP contribution >= 0.6 is 0 Å². The maximum atomic E-state index is 12.9. The fourth-order valence-electron chi connectivity index (χ4n) is 19.8. The monoisotopic (exact) mass is 1560 g/mol. The van der Waals surface area contributed by atoms with Gasteiger partial charge in [-0.15, -0.1) is 0 Å². The summed E-state index contributed by atoms with van der Waals surface area (Å²) in [6.07, 6.45) is 50.9. The van der Waals surface area contributed by atoms with Gasteiger partial charge in [0.15, 0.2) is 23.3 Å². The summed E-state index contributed by atoms with van der Waals surface area (Å²) < 4.78 is 0. The van der Waals surface area contributed by atoms with Crippen LogP contribution in [0.5, 0.6) is 0 Å². The molecule has 5 saturated carbocycles. The summed E-state index contributed by atoms with van der Waals surface area (Å²) in [4.78, 5) is 89.7. The van der Waals surface area contributed by atoms with E-state index in [4.69, 9.17) is 39.9 Å². The van der Waals surface area contributed by atoms with Gasteiger partial charge in [-0.3, -0.25) is 19.2 Å². The number of carbonyl (C=O) groups excluding carboxylic acids is 4. The number of aromatic nitrogens is 8. The van der Waals surface area contributed by atoms with E-state index < -0.39 is 0 Å². The highest BCUT2D eigenvalue weighted by Crippen LogP contribution is 2.41. The maximum absolute atomic E-state index is 12.9. The van der Waals surface area contributed by atoms with E-state index in [1.165, 1.54) is 205 Å². The second-order valence-electron chi connectivity index (χ2n) is 35.9. The van der Waals surface area contributed by atoms with Gasteiger partial charge in [0, 0.05) is 47.9 Å². The Bertz CT molecular complexity index is 4650. The highest BCUT2D eigenvalue weighted by atomic mass is 16.2. The number of fused-ring (bicyclic) bond motifs is 12. The lowest BCUT2D eigenvalue weighted by atomic mass is 9.85. The SMILES string of the molecule is CC(=O)Nc1nc2c(nc1CCC1CCCCC1)-c1ccccc1CC2.CC(C)CC(=O)Nc1nc2c(nc1CCC1CCCCC1)-c1ccccc1CC2.CCC(C)C(=O)Nc1nc2c(nc1CCC1CCCCC1)-c1ccccc1CC2.O=C(CC1CCCCC1)Nc1nc2c(nc1CCC1CCCCC1)-c1ccccc1CC2. The molecule has 4 heterocycles. The van der Waals surface area contributed by atoms with Crippen LogP contribution in [0.4, 0.5) is 23.3 Å². The van der Waals surface area contributed by atoms with Crippen LogP contribution < -0.4 is 21.3 Å². The highest BCUT2D eigenvalue weighted by molar-refractivity contribution is 5.93. The second kappa shape index (κ2) is 41.5. The van der Waals surface area contributed by atoms with Crippen LogP contribution in [0.15, 0.2) is 97.1 Å². The third-order valence-corrected chi connectivity index (χ3v) is 26.7. The number of amides is 4. The molecule has 0 radical (unpaired) electrons. The van der Waals surface area contributed by atoms with E-state index in [2.05, 4.69) is 132 Å². The van der Waals surface area contributed by atoms with Gasteiger partial charge in [-0.2, -0.15) is 0 Å². The molecule has 9 aliphatic carbocycles. The molecule has 1 atom stereocenters. The Hall–Kier alpha value is -8.92. The summed E-state index contributed by atoms with van der Waals surface area (Å²) in [6.45, 7) is 9.70. The number of aryl methyl sites for hydroxylation is 12. The van der Waals surface area contributed by atoms with Crippen LogP contribution in [0.1, 0.15) is 308 Å². The molecular formula is C100H130N12O4. The Morgan fingerprint density at radius 1 is 0.336 bits per heavy atom. The van der Waals surface area contributed by atoms with E-state index in [-0.39, 0.29) is 29.5 Å². The van der Waals surface area contributed by atoms with Crippen molar-refractivity contribution in [2.24, 2.45) is 41.4 Å². The molecule has 8 aromatic rings. The molecule has 0 bridgehead atoms. The highest BCUT2D eigenvalue weighted by Gasteiger charge is 2.31. The predicted molar refractivity (Wildman–Crippen MR) is 469 cm³/mol. The Balaban J connectivity index is 0.000000128. The topological polar surface area (TPSA) is 220 Å². The minimum absolute atomic E-state index is 0.0141. The van der Waals surface area contributed by atoms with Gasteiger partial charge in [0.05, 0.1) is 68.3 Å². The summed E-state index contributed by atoms with van der Waals surface area (Å²) in [6, 6.07) is 34.1. The van der Waals surface area contributed by atoms with Crippen molar-refractivity contribution >= 4 is 46.9 Å². The zero-order valence-corrected chi connectivity index (χ0v) is 70.6. The third kappa shape index (κ3) is 22.5. The van der Waals surface area contributed by atoms with Gasteiger partial charge in [-0.05, 0) is 180 Å². The molecule has 9 aliphatic rings. The molecule has 4 N–H and O–H groups in total. The fraction of sp³-hybridized carbons (Fsp3) is 0.560. The van der Waals surface area contributed by atoms with Crippen LogP contribution in [0.2, 0.25) is 0 Å². The van der Waals surface area contributed by atoms with Crippen molar-refractivity contribution in [2.45, 2.75) is 317 Å². The summed E-state index contributed by atoms with van der Waals surface area (Å²) in [5, 5.41) is 12.3. The van der Waals surface area contributed by atoms with Gasteiger partial charge in [0.25, 0.3) is 0 Å². The lowest BCUT2D eigenvalue weighted by molar-refractivity contribution is -0.119. The first kappa shape index (κ1) is 83.6. The minimum Gasteiger partial charge on any atom is -0.309 e. The lowest BCUT2D eigenvalue weighted by Gasteiger charge is -2.24. The number of hydrogen-bond acceptors (Lipinski definition) is 12. The maximum Gasteiger partial charge on any atom is 0.228 e. The van der Waals surface area contributed by atoms with Crippen LogP contribution in [-0.4, -0.2) is 63.5 Å². The van der Waals surface area contributed by atoms with E-state index in [0.717, 1.165) is 207 Å².